The first-order valence-corrected chi connectivity index (χ1v) is 9.15. The van der Waals surface area contributed by atoms with Gasteiger partial charge >= 0.3 is 6.03 Å². The number of hydrogen-bond donors (Lipinski definition) is 2. The lowest BCUT2D eigenvalue weighted by Crippen LogP contribution is -2.56. The molecule has 2 atom stereocenters. The van der Waals surface area contributed by atoms with Crippen molar-refractivity contribution in [2.75, 3.05) is 20.1 Å². The molecule has 27 heavy (non-hydrogen) atoms. The highest BCUT2D eigenvalue weighted by Gasteiger charge is 2.42. The van der Waals surface area contributed by atoms with Crippen LogP contribution in [0.5, 0.6) is 0 Å². The van der Waals surface area contributed by atoms with Crippen LogP contribution in [0.15, 0.2) is 40.8 Å². The zero-order chi connectivity index (χ0) is 19.0. The SMILES string of the molecule is CN1C(=O)N(Cc2ccccc2C#N)C(N2CCC[C@@H](N)C2)=C2NC=NC21. The minimum Gasteiger partial charge on any atom is -0.355 e. The van der Waals surface area contributed by atoms with Crippen molar-refractivity contribution in [3.05, 3.63) is 46.9 Å². The number of nitriles is 1. The maximum Gasteiger partial charge on any atom is 0.327 e. The van der Waals surface area contributed by atoms with E-state index in [1.54, 1.807) is 29.3 Å². The molecule has 1 fully saturated rings. The maximum atomic E-state index is 13.2. The van der Waals surface area contributed by atoms with E-state index >= 15 is 0 Å². The molecule has 4 rings (SSSR count). The zero-order valence-corrected chi connectivity index (χ0v) is 15.3. The van der Waals surface area contributed by atoms with Gasteiger partial charge in [0, 0.05) is 26.2 Å². The predicted octanol–water partition coefficient (Wildman–Crippen LogP) is 0.975. The van der Waals surface area contributed by atoms with Crippen LogP contribution in [0.1, 0.15) is 24.0 Å². The van der Waals surface area contributed by atoms with Crippen LogP contribution in [0, 0.1) is 11.3 Å². The Morgan fingerprint density at radius 2 is 2.22 bits per heavy atom. The van der Waals surface area contributed by atoms with Crippen molar-refractivity contribution >= 4 is 12.4 Å². The van der Waals surface area contributed by atoms with Gasteiger partial charge in [0.15, 0.2) is 6.17 Å². The number of urea groups is 1. The number of likely N-dealkylation sites (N-methyl/N-ethyl adjacent to an activating group) is 1. The second-order valence-electron chi connectivity index (χ2n) is 7.13. The summed E-state index contributed by atoms with van der Waals surface area (Å²) in [5.41, 5.74) is 8.48. The molecule has 3 aliphatic heterocycles. The number of nitrogens with two attached hydrogens (primary N) is 1. The van der Waals surface area contributed by atoms with Gasteiger partial charge in [-0.2, -0.15) is 5.26 Å². The number of fused-ring (bicyclic) bond motifs is 1. The zero-order valence-electron chi connectivity index (χ0n) is 15.3. The van der Waals surface area contributed by atoms with Crippen LogP contribution in [-0.2, 0) is 6.54 Å². The smallest absolute Gasteiger partial charge is 0.327 e. The largest absolute Gasteiger partial charge is 0.355 e. The summed E-state index contributed by atoms with van der Waals surface area (Å²) in [6.45, 7) is 1.86. The minimum absolute atomic E-state index is 0.0793. The van der Waals surface area contributed by atoms with E-state index in [-0.39, 0.29) is 18.2 Å². The molecule has 3 N–H and O–H groups in total. The summed E-state index contributed by atoms with van der Waals surface area (Å²) in [4.78, 5) is 23.1. The van der Waals surface area contributed by atoms with E-state index in [2.05, 4.69) is 21.3 Å². The average Bonchev–Trinajstić information content (AvgIpc) is 3.16. The lowest BCUT2D eigenvalue weighted by Gasteiger charge is -2.45. The highest BCUT2D eigenvalue weighted by atomic mass is 16.2. The van der Waals surface area contributed by atoms with Crippen LogP contribution in [0.25, 0.3) is 0 Å². The summed E-state index contributed by atoms with van der Waals surface area (Å²) < 4.78 is 0. The first kappa shape index (κ1) is 17.4. The van der Waals surface area contributed by atoms with Gasteiger partial charge in [-0.3, -0.25) is 9.80 Å². The molecule has 3 heterocycles. The quantitative estimate of drug-likeness (QED) is 0.831. The molecule has 1 aromatic rings. The first-order valence-electron chi connectivity index (χ1n) is 9.15. The molecule has 3 aliphatic rings. The van der Waals surface area contributed by atoms with Crippen molar-refractivity contribution in [3.63, 3.8) is 0 Å². The number of carbonyl (C=O) groups is 1. The number of nitrogens with zero attached hydrogens (tertiary/aromatic N) is 5. The Morgan fingerprint density at radius 3 is 3.00 bits per heavy atom. The van der Waals surface area contributed by atoms with Gasteiger partial charge in [0.1, 0.15) is 11.5 Å². The van der Waals surface area contributed by atoms with Gasteiger partial charge in [0.05, 0.1) is 24.5 Å². The number of rotatable bonds is 3. The molecular formula is C19H23N7O. The van der Waals surface area contributed by atoms with E-state index in [4.69, 9.17) is 5.73 Å². The van der Waals surface area contributed by atoms with E-state index in [0.717, 1.165) is 36.5 Å². The Hall–Kier alpha value is -3.05. The lowest BCUT2D eigenvalue weighted by atomic mass is 10.0. The Balaban J connectivity index is 1.76. The Morgan fingerprint density at radius 1 is 1.41 bits per heavy atom. The minimum atomic E-state index is -0.340. The van der Waals surface area contributed by atoms with Crippen molar-refractivity contribution < 1.29 is 4.79 Å². The summed E-state index contributed by atoms with van der Waals surface area (Å²) in [5, 5.41) is 12.7. The molecule has 2 amide bonds. The van der Waals surface area contributed by atoms with Crippen LogP contribution in [0.2, 0.25) is 0 Å². The predicted molar refractivity (Wildman–Crippen MR) is 101 cm³/mol. The van der Waals surface area contributed by atoms with E-state index in [1.165, 1.54) is 0 Å². The molecule has 140 valence electrons. The lowest BCUT2D eigenvalue weighted by molar-refractivity contribution is 0.114. The number of hydrogen-bond acceptors (Lipinski definition) is 6. The molecule has 1 saturated heterocycles. The third kappa shape index (κ3) is 3.00. The molecule has 1 aromatic carbocycles. The van der Waals surface area contributed by atoms with Crippen molar-refractivity contribution in [2.24, 2.45) is 10.7 Å². The number of amides is 2. The number of nitrogens with one attached hydrogen (secondary N) is 1. The third-order valence-corrected chi connectivity index (χ3v) is 5.31. The average molecular weight is 365 g/mol. The van der Waals surface area contributed by atoms with Gasteiger partial charge in [0.25, 0.3) is 0 Å². The van der Waals surface area contributed by atoms with Crippen molar-refractivity contribution in [1.29, 1.82) is 5.26 Å². The molecule has 0 aliphatic carbocycles. The summed E-state index contributed by atoms with van der Waals surface area (Å²) in [6, 6.07) is 9.55. The topological polar surface area (TPSA) is 101 Å². The molecule has 0 aromatic heterocycles. The summed E-state index contributed by atoms with van der Waals surface area (Å²) in [7, 11) is 1.75. The monoisotopic (exact) mass is 365 g/mol. The van der Waals surface area contributed by atoms with Crippen LogP contribution in [0.4, 0.5) is 4.79 Å². The van der Waals surface area contributed by atoms with Crippen LogP contribution in [-0.4, -0.2) is 59.4 Å². The number of aliphatic imine (C=N–C) groups is 1. The van der Waals surface area contributed by atoms with Crippen LogP contribution >= 0.6 is 0 Å². The van der Waals surface area contributed by atoms with Gasteiger partial charge in [-0.05, 0) is 24.5 Å². The fourth-order valence-corrected chi connectivity index (χ4v) is 3.95. The first-order chi connectivity index (χ1) is 13.1. The second-order valence-corrected chi connectivity index (χ2v) is 7.13. The van der Waals surface area contributed by atoms with Crippen LogP contribution < -0.4 is 11.1 Å². The van der Waals surface area contributed by atoms with Gasteiger partial charge in [-0.25, -0.2) is 9.79 Å². The van der Waals surface area contributed by atoms with E-state index in [0.29, 0.717) is 18.7 Å². The molecule has 1 unspecified atom stereocenters. The second kappa shape index (κ2) is 6.93. The fourth-order valence-electron chi connectivity index (χ4n) is 3.95. The van der Waals surface area contributed by atoms with Crippen LogP contribution in [0.3, 0.4) is 0 Å². The summed E-state index contributed by atoms with van der Waals surface area (Å²) in [5.74, 6) is 0.823. The highest BCUT2D eigenvalue weighted by Crippen LogP contribution is 2.32. The van der Waals surface area contributed by atoms with Crippen molar-refractivity contribution in [3.8, 4) is 6.07 Å². The molecule has 0 saturated carbocycles. The molecule has 0 spiro atoms. The molecule has 0 bridgehead atoms. The molecular weight excluding hydrogens is 342 g/mol. The van der Waals surface area contributed by atoms with Crippen molar-refractivity contribution in [1.82, 2.24) is 20.0 Å². The number of benzene rings is 1. The number of likely N-dealkylation sites (tertiary alicyclic amines) is 1. The standard InChI is InChI=1S/C19H23N7O/c1-24-17-16(22-12-23-17)18(25-8-4-7-15(21)11-25)26(19(24)27)10-14-6-3-2-5-13(14)9-20/h2-3,5-6,12,15,17H,4,7-8,10-11,21H2,1H3,(H,22,23)/t15-,17?/m1/s1. The van der Waals surface area contributed by atoms with E-state index in [9.17, 15) is 10.1 Å². The summed E-state index contributed by atoms with van der Waals surface area (Å²) >= 11 is 0. The molecule has 8 nitrogen and oxygen atoms in total. The summed E-state index contributed by atoms with van der Waals surface area (Å²) in [6.07, 6.45) is 3.27. The van der Waals surface area contributed by atoms with Gasteiger partial charge in [-0.15, -0.1) is 0 Å². The molecule has 8 heteroatoms. The normalized spacial score (nSPS) is 24.8. The number of carbonyl (C=O) groups excluding carboxylic acids is 1. The fraction of sp³-hybridized carbons (Fsp3) is 0.421. The third-order valence-electron chi connectivity index (χ3n) is 5.31. The molecule has 0 radical (unpaired) electrons. The van der Waals surface area contributed by atoms with E-state index < -0.39 is 0 Å². The van der Waals surface area contributed by atoms with Gasteiger partial charge in [-0.1, -0.05) is 18.2 Å². The maximum absolute atomic E-state index is 13.2. The Bertz CT molecular complexity index is 856. The van der Waals surface area contributed by atoms with Crippen molar-refractivity contribution in [2.45, 2.75) is 31.6 Å². The number of piperidine rings is 1. The van der Waals surface area contributed by atoms with E-state index in [1.807, 2.05) is 18.2 Å². The Kier molecular flexibility index (Phi) is 4.46. The van der Waals surface area contributed by atoms with Gasteiger partial charge < -0.3 is 16.0 Å². The van der Waals surface area contributed by atoms with Gasteiger partial charge in [0.2, 0.25) is 0 Å². The highest BCUT2D eigenvalue weighted by molar-refractivity contribution is 5.81. The Labute approximate surface area is 158 Å².